The normalized spacial score (nSPS) is 26.6. The lowest BCUT2D eigenvalue weighted by atomic mass is 9.91. The largest absolute Gasteiger partial charge is 0.378 e. The van der Waals surface area contributed by atoms with Crippen LogP contribution in [-0.2, 0) is 11.2 Å². The van der Waals surface area contributed by atoms with Crippen LogP contribution < -0.4 is 5.73 Å². The summed E-state index contributed by atoms with van der Waals surface area (Å²) in [5.41, 5.74) is 7.35. The molecule has 2 N–H and O–H groups in total. The van der Waals surface area contributed by atoms with Crippen molar-refractivity contribution in [3.05, 3.63) is 18.0 Å². The van der Waals surface area contributed by atoms with Crippen LogP contribution in [0.2, 0.25) is 0 Å². The van der Waals surface area contributed by atoms with E-state index in [1.54, 1.807) is 0 Å². The van der Waals surface area contributed by atoms with E-state index in [9.17, 15) is 0 Å². The summed E-state index contributed by atoms with van der Waals surface area (Å²) in [5.74, 6) is 0.471. The van der Waals surface area contributed by atoms with Crippen LogP contribution in [0.5, 0.6) is 0 Å². The van der Waals surface area contributed by atoms with Gasteiger partial charge in [0, 0.05) is 37.2 Å². The summed E-state index contributed by atoms with van der Waals surface area (Å²) in [5, 5.41) is 4.54. The third-order valence-corrected chi connectivity index (χ3v) is 3.62. The van der Waals surface area contributed by atoms with Crippen LogP contribution in [0.15, 0.2) is 12.3 Å². The summed E-state index contributed by atoms with van der Waals surface area (Å²) < 4.78 is 7.54. The first kappa shape index (κ1) is 12.6. The second-order valence-electron chi connectivity index (χ2n) is 5.28. The van der Waals surface area contributed by atoms with Gasteiger partial charge in [-0.2, -0.15) is 5.10 Å². The zero-order valence-electron chi connectivity index (χ0n) is 11.0. The van der Waals surface area contributed by atoms with Crippen molar-refractivity contribution >= 4 is 0 Å². The second kappa shape index (κ2) is 5.19. The molecule has 96 valence electrons. The zero-order valence-corrected chi connectivity index (χ0v) is 11.0. The van der Waals surface area contributed by atoms with Gasteiger partial charge in [0.1, 0.15) is 0 Å². The lowest BCUT2D eigenvalue weighted by molar-refractivity contribution is 0.0994. The van der Waals surface area contributed by atoms with E-state index in [2.05, 4.69) is 31.9 Å². The molecular formula is C13H23N3O. The molecule has 0 aromatic carbocycles. The highest BCUT2D eigenvalue weighted by atomic mass is 16.5. The second-order valence-corrected chi connectivity index (χ2v) is 5.28. The van der Waals surface area contributed by atoms with E-state index in [-0.39, 0.29) is 12.1 Å². The van der Waals surface area contributed by atoms with Gasteiger partial charge in [-0.15, -0.1) is 0 Å². The van der Waals surface area contributed by atoms with Crippen molar-refractivity contribution in [3.8, 4) is 0 Å². The molecule has 2 rings (SSSR count). The molecule has 0 aliphatic carbocycles. The van der Waals surface area contributed by atoms with Gasteiger partial charge >= 0.3 is 0 Å². The number of nitrogens with two attached hydrogens (primary N) is 1. The van der Waals surface area contributed by atoms with Crippen molar-refractivity contribution in [1.82, 2.24) is 9.78 Å². The molecule has 1 saturated heterocycles. The molecule has 0 saturated carbocycles. The first-order valence-electron chi connectivity index (χ1n) is 6.49. The number of hydrogen-bond acceptors (Lipinski definition) is 3. The van der Waals surface area contributed by atoms with Crippen LogP contribution >= 0.6 is 0 Å². The highest BCUT2D eigenvalue weighted by molar-refractivity contribution is 5.03. The Morgan fingerprint density at radius 1 is 1.59 bits per heavy atom. The maximum atomic E-state index is 6.26. The Morgan fingerprint density at radius 2 is 2.35 bits per heavy atom. The molecule has 1 fully saturated rings. The molecule has 0 bridgehead atoms. The van der Waals surface area contributed by atoms with Gasteiger partial charge in [-0.05, 0) is 33.3 Å². The Hall–Kier alpha value is -0.870. The Morgan fingerprint density at radius 3 is 2.88 bits per heavy atom. The monoisotopic (exact) mass is 237 g/mol. The van der Waals surface area contributed by atoms with Crippen LogP contribution in [0, 0.1) is 5.92 Å². The molecule has 0 amide bonds. The molecule has 0 spiro atoms. The van der Waals surface area contributed by atoms with Gasteiger partial charge < -0.3 is 10.5 Å². The average Bonchev–Trinajstić information content (AvgIpc) is 2.86. The third-order valence-electron chi connectivity index (χ3n) is 3.62. The standard InChI is InChI=1S/C13H23N3O/c1-9(2)16-6-4-11(15-16)8-13(14)12-5-7-17-10(12)3/h4,6,9-10,12-13H,5,7-8,14H2,1-3H3. The molecule has 1 aliphatic rings. The summed E-state index contributed by atoms with van der Waals surface area (Å²) in [6, 6.07) is 2.64. The van der Waals surface area contributed by atoms with Gasteiger partial charge in [0.15, 0.2) is 0 Å². The molecule has 1 aliphatic heterocycles. The van der Waals surface area contributed by atoms with Crippen molar-refractivity contribution in [1.29, 1.82) is 0 Å². The van der Waals surface area contributed by atoms with E-state index in [4.69, 9.17) is 10.5 Å². The quantitative estimate of drug-likeness (QED) is 0.868. The fraction of sp³-hybridized carbons (Fsp3) is 0.769. The fourth-order valence-corrected chi connectivity index (χ4v) is 2.48. The Balaban J connectivity index is 1.95. The van der Waals surface area contributed by atoms with Crippen molar-refractivity contribution in [2.45, 2.75) is 51.8 Å². The van der Waals surface area contributed by atoms with Crippen molar-refractivity contribution < 1.29 is 4.74 Å². The van der Waals surface area contributed by atoms with Crippen LogP contribution in [-0.4, -0.2) is 28.5 Å². The lowest BCUT2D eigenvalue weighted by Gasteiger charge is -2.21. The highest BCUT2D eigenvalue weighted by Gasteiger charge is 2.30. The van der Waals surface area contributed by atoms with Gasteiger partial charge in [-0.25, -0.2) is 0 Å². The van der Waals surface area contributed by atoms with E-state index in [0.29, 0.717) is 12.0 Å². The molecule has 3 unspecified atom stereocenters. The third kappa shape index (κ3) is 2.87. The topological polar surface area (TPSA) is 53.1 Å². The molecular weight excluding hydrogens is 214 g/mol. The minimum atomic E-state index is 0.156. The predicted molar refractivity (Wildman–Crippen MR) is 67.8 cm³/mol. The van der Waals surface area contributed by atoms with E-state index in [0.717, 1.165) is 25.1 Å². The summed E-state index contributed by atoms with van der Waals surface area (Å²) in [6.07, 6.45) is 4.24. The molecule has 1 aromatic rings. The molecule has 4 nitrogen and oxygen atoms in total. The van der Waals surface area contributed by atoms with Crippen molar-refractivity contribution in [2.24, 2.45) is 11.7 Å². The molecule has 3 atom stereocenters. The van der Waals surface area contributed by atoms with Crippen molar-refractivity contribution in [2.75, 3.05) is 6.61 Å². The summed E-state index contributed by atoms with van der Waals surface area (Å²) in [6.45, 7) is 7.22. The number of nitrogens with zero attached hydrogens (tertiary/aromatic N) is 2. The predicted octanol–water partition coefficient (Wildman–Crippen LogP) is 1.76. The Bertz CT molecular complexity index is 361. The van der Waals surface area contributed by atoms with Gasteiger partial charge in [0.25, 0.3) is 0 Å². The van der Waals surface area contributed by atoms with Crippen LogP contribution in [0.1, 0.15) is 38.9 Å². The van der Waals surface area contributed by atoms with E-state index >= 15 is 0 Å². The molecule has 2 heterocycles. The Labute approximate surface area is 103 Å². The fourth-order valence-electron chi connectivity index (χ4n) is 2.48. The molecule has 17 heavy (non-hydrogen) atoms. The van der Waals surface area contributed by atoms with E-state index < -0.39 is 0 Å². The average molecular weight is 237 g/mol. The molecule has 1 aromatic heterocycles. The minimum Gasteiger partial charge on any atom is -0.378 e. The summed E-state index contributed by atoms with van der Waals surface area (Å²) in [7, 11) is 0. The summed E-state index contributed by atoms with van der Waals surface area (Å²) in [4.78, 5) is 0. The number of ether oxygens (including phenoxy) is 1. The smallest absolute Gasteiger partial charge is 0.0640 e. The number of rotatable bonds is 4. The molecule has 4 heteroatoms. The highest BCUT2D eigenvalue weighted by Crippen LogP contribution is 2.24. The maximum Gasteiger partial charge on any atom is 0.0640 e. The van der Waals surface area contributed by atoms with Crippen LogP contribution in [0.4, 0.5) is 0 Å². The molecule has 0 radical (unpaired) electrons. The van der Waals surface area contributed by atoms with E-state index in [1.165, 1.54) is 0 Å². The Kier molecular flexibility index (Phi) is 3.84. The van der Waals surface area contributed by atoms with Gasteiger partial charge in [-0.1, -0.05) is 0 Å². The lowest BCUT2D eigenvalue weighted by Crippen LogP contribution is -2.36. The van der Waals surface area contributed by atoms with Crippen LogP contribution in [0.25, 0.3) is 0 Å². The van der Waals surface area contributed by atoms with Gasteiger partial charge in [-0.3, -0.25) is 4.68 Å². The van der Waals surface area contributed by atoms with Gasteiger partial charge in [0.2, 0.25) is 0 Å². The first-order chi connectivity index (χ1) is 8.08. The van der Waals surface area contributed by atoms with Crippen LogP contribution in [0.3, 0.4) is 0 Å². The van der Waals surface area contributed by atoms with Crippen molar-refractivity contribution in [3.63, 3.8) is 0 Å². The summed E-state index contributed by atoms with van der Waals surface area (Å²) >= 11 is 0. The van der Waals surface area contributed by atoms with E-state index in [1.807, 2.05) is 10.9 Å². The SMILES string of the molecule is CC1OCCC1C(N)Cc1ccn(C(C)C)n1. The van der Waals surface area contributed by atoms with Gasteiger partial charge in [0.05, 0.1) is 11.8 Å². The zero-order chi connectivity index (χ0) is 12.4. The maximum absolute atomic E-state index is 6.26. The minimum absolute atomic E-state index is 0.156. The number of aromatic nitrogens is 2. The number of hydrogen-bond donors (Lipinski definition) is 1. The first-order valence-corrected chi connectivity index (χ1v) is 6.49.